The molecule has 0 bridgehead atoms. The van der Waals surface area contributed by atoms with E-state index in [9.17, 15) is 0 Å². The highest BCUT2D eigenvalue weighted by Crippen LogP contribution is 2.36. The molecule has 4 nitrogen and oxygen atoms in total. The highest BCUT2D eigenvalue weighted by atomic mass is 32.2. The normalized spacial score (nSPS) is 14.4. The first-order valence-corrected chi connectivity index (χ1v) is 7.96. The summed E-state index contributed by atoms with van der Waals surface area (Å²) in [6.07, 6.45) is 0. The molecule has 1 aliphatic rings. The van der Waals surface area contributed by atoms with Gasteiger partial charge in [0.25, 0.3) is 0 Å². The van der Waals surface area contributed by atoms with Crippen LogP contribution in [0, 0.1) is 6.92 Å². The Bertz CT molecular complexity index is 620. The van der Waals surface area contributed by atoms with E-state index in [2.05, 4.69) is 39.8 Å². The van der Waals surface area contributed by atoms with E-state index < -0.39 is 0 Å². The van der Waals surface area contributed by atoms with Crippen LogP contribution < -0.4 is 10.6 Å². The summed E-state index contributed by atoms with van der Waals surface area (Å²) in [6.45, 7) is 7.04. The standard InChI is InChI=1S/C15H20N4S/c1-3-19-13(8-11(2)17-19)10-18-6-7-20-15-5-4-12(16)9-14(15)18/h4-5,8-9H,3,6-7,10,16H2,1-2H3. The van der Waals surface area contributed by atoms with Gasteiger partial charge in [-0.1, -0.05) is 0 Å². The summed E-state index contributed by atoms with van der Waals surface area (Å²) in [6, 6.07) is 8.37. The van der Waals surface area contributed by atoms with Gasteiger partial charge < -0.3 is 10.6 Å². The van der Waals surface area contributed by atoms with Crippen molar-refractivity contribution in [3.05, 3.63) is 35.7 Å². The molecule has 1 aromatic heterocycles. The maximum Gasteiger partial charge on any atom is 0.0599 e. The van der Waals surface area contributed by atoms with Crippen LogP contribution >= 0.6 is 11.8 Å². The SMILES string of the molecule is CCn1nc(C)cc1CN1CCSc2ccc(N)cc21. The Morgan fingerprint density at radius 3 is 3.00 bits per heavy atom. The Morgan fingerprint density at radius 2 is 2.20 bits per heavy atom. The predicted octanol–water partition coefficient (Wildman–Crippen LogP) is 2.91. The highest BCUT2D eigenvalue weighted by Gasteiger charge is 2.19. The molecular formula is C15H20N4S. The number of rotatable bonds is 3. The van der Waals surface area contributed by atoms with Crippen molar-refractivity contribution >= 4 is 23.1 Å². The molecule has 0 aliphatic carbocycles. The Hall–Kier alpha value is -1.62. The number of nitrogens with two attached hydrogens (primary N) is 1. The minimum Gasteiger partial charge on any atom is -0.399 e. The van der Waals surface area contributed by atoms with Gasteiger partial charge in [-0.05, 0) is 38.1 Å². The van der Waals surface area contributed by atoms with Crippen LogP contribution in [0.2, 0.25) is 0 Å². The fraction of sp³-hybridized carbons (Fsp3) is 0.400. The molecule has 0 fully saturated rings. The molecule has 0 radical (unpaired) electrons. The van der Waals surface area contributed by atoms with E-state index >= 15 is 0 Å². The molecule has 5 heteroatoms. The van der Waals surface area contributed by atoms with Gasteiger partial charge in [-0.2, -0.15) is 5.10 Å². The van der Waals surface area contributed by atoms with Gasteiger partial charge in [-0.3, -0.25) is 4.68 Å². The molecule has 1 aliphatic heterocycles. The van der Waals surface area contributed by atoms with Crippen molar-refractivity contribution in [3.63, 3.8) is 0 Å². The average molecular weight is 288 g/mol. The summed E-state index contributed by atoms with van der Waals surface area (Å²) in [4.78, 5) is 3.73. The third kappa shape index (κ3) is 2.50. The van der Waals surface area contributed by atoms with Crippen LogP contribution in [0.25, 0.3) is 0 Å². The summed E-state index contributed by atoms with van der Waals surface area (Å²) in [5, 5.41) is 4.53. The summed E-state index contributed by atoms with van der Waals surface area (Å²) in [5.41, 5.74) is 10.4. The van der Waals surface area contributed by atoms with E-state index in [0.717, 1.165) is 36.8 Å². The second-order valence-corrected chi connectivity index (χ2v) is 6.23. The maximum atomic E-state index is 5.94. The molecule has 1 aromatic carbocycles. The molecule has 0 atom stereocenters. The molecule has 3 rings (SSSR count). The Labute approximate surface area is 124 Å². The number of anilines is 2. The number of thioether (sulfide) groups is 1. The van der Waals surface area contributed by atoms with Crippen LogP contribution in [-0.2, 0) is 13.1 Å². The van der Waals surface area contributed by atoms with Gasteiger partial charge in [0.1, 0.15) is 0 Å². The first kappa shape index (κ1) is 13.4. The van der Waals surface area contributed by atoms with E-state index in [4.69, 9.17) is 5.73 Å². The zero-order valence-electron chi connectivity index (χ0n) is 12.0. The molecule has 0 unspecified atom stereocenters. The zero-order valence-corrected chi connectivity index (χ0v) is 12.8. The third-order valence-corrected chi connectivity index (χ3v) is 4.62. The first-order chi connectivity index (χ1) is 9.67. The number of nitrogens with zero attached hydrogens (tertiary/aromatic N) is 3. The number of nitrogen functional groups attached to an aromatic ring is 1. The van der Waals surface area contributed by atoms with Gasteiger partial charge >= 0.3 is 0 Å². The molecule has 0 spiro atoms. The van der Waals surface area contributed by atoms with Crippen LogP contribution in [0.4, 0.5) is 11.4 Å². The van der Waals surface area contributed by atoms with Crippen molar-refractivity contribution in [1.82, 2.24) is 9.78 Å². The number of aromatic nitrogens is 2. The molecule has 20 heavy (non-hydrogen) atoms. The molecule has 0 saturated carbocycles. The number of benzene rings is 1. The largest absolute Gasteiger partial charge is 0.399 e. The lowest BCUT2D eigenvalue weighted by atomic mass is 10.2. The van der Waals surface area contributed by atoms with Crippen molar-refractivity contribution in [2.45, 2.75) is 31.8 Å². The first-order valence-electron chi connectivity index (χ1n) is 6.98. The highest BCUT2D eigenvalue weighted by molar-refractivity contribution is 7.99. The average Bonchev–Trinajstić information content (AvgIpc) is 2.79. The lowest BCUT2D eigenvalue weighted by Crippen LogP contribution is -2.29. The van der Waals surface area contributed by atoms with Crippen molar-refractivity contribution in [1.29, 1.82) is 0 Å². The zero-order chi connectivity index (χ0) is 14.1. The fourth-order valence-corrected chi connectivity index (χ4v) is 3.68. The second-order valence-electron chi connectivity index (χ2n) is 5.09. The number of hydrogen-bond donors (Lipinski definition) is 1. The van der Waals surface area contributed by atoms with Gasteiger partial charge in [-0.15, -0.1) is 11.8 Å². The van der Waals surface area contributed by atoms with Crippen LogP contribution in [0.5, 0.6) is 0 Å². The molecule has 2 aromatic rings. The molecule has 2 N–H and O–H groups in total. The lowest BCUT2D eigenvalue weighted by Gasteiger charge is -2.31. The van der Waals surface area contributed by atoms with E-state index in [1.165, 1.54) is 16.3 Å². The smallest absolute Gasteiger partial charge is 0.0599 e. The number of hydrogen-bond acceptors (Lipinski definition) is 4. The Kier molecular flexibility index (Phi) is 3.61. The summed E-state index contributed by atoms with van der Waals surface area (Å²) in [7, 11) is 0. The molecular weight excluding hydrogens is 268 g/mol. The van der Waals surface area contributed by atoms with Gasteiger partial charge in [0, 0.05) is 29.4 Å². The monoisotopic (exact) mass is 288 g/mol. The van der Waals surface area contributed by atoms with E-state index in [-0.39, 0.29) is 0 Å². The second kappa shape index (κ2) is 5.40. The van der Waals surface area contributed by atoms with Gasteiger partial charge in [0.15, 0.2) is 0 Å². The van der Waals surface area contributed by atoms with Crippen LogP contribution in [0.15, 0.2) is 29.2 Å². The van der Waals surface area contributed by atoms with Gasteiger partial charge in [-0.25, -0.2) is 0 Å². The number of aryl methyl sites for hydroxylation is 2. The molecule has 0 saturated heterocycles. The van der Waals surface area contributed by atoms with Crippen molar-refractivity contribution in [3.8, 4) is 0 Å². The fourth-order valence-electron chi connectivity index (χ4n) is 2.65. The van der Waals surface area contributed by atoms with Crippen molar-refractivity contribution in [2.24, 2.45) is 0 Å². The summed E-state index contributed by atoms with van der Waals surface area (Å²) >= 11 is 1.91. The van der Waals surface area contributed by atoms with Crippen molar-refractivity contribution in [2.75, 3.05) is 22.9 Å². The number of fused-ring (bicyclic) bond motifs is 1. The molecule has 2 heterocycles. The minimum absolute atomic E-state index is 0.830. The topological polar surface area (TPSA) is 47.1 Å². The van der Waals surface area contributed by atoms with Gasteiger partial charge in [0.05, 0.1) is 23.6 Å². The van der Waals surface area contributed by atoms with Crippen molar-refractivity contribution < 1.29 is 0 Å². The third-order valence-electron chi connectivity index (χ3n) is 3.58. The van der Waals surface area contributed by atoms with Crippen LogP contribution in [-0.4, -0.2) is 22.1 Å². The lowest BCUT2D eigenvalue weighted by molar-refractivity contribution is 0.607. The van der Waals surface area contributed by atoms with Crippen LogP contribution in [0.1, 0.15) is 18.3 Å². The van der Waals surface area contributed by atoms with Gasteiger partial charge in [0.2, 0.25) is 0 Å². The maximum absolute atomic E-state index is 5.94. The van der Waals surface area contributed by atoms with E-state index in [0.29, 0.717) is 0 Å². The van der Waals surface area contributed by atoms with Crippen LogP contribution in [0.3, 0.4) is 0 Å². The minimum atomic E-state index is 0.830. The van der Waals surface area contributed by atoms with E-state index in [1.54, 1.807) is 0 Å². The quantitative estimate of drug-likeness (QED) is 0.882. The summed E-state index contributed by atoms with van der Waals surface area (Å²) in [5.74, 6) is 1.12. The molecule has 0 amide bonds. The predicted molar refractivity (Wildman–Crippen MR) is 85.3 cm³/mol. The van der Waals surface area contributed by atoms with E-state index in [1.807, 2.05) is 24.8 Å². The Morgan fingerprint density at radius 1 is 1.35 bits per heavy atom. The Balaban J connectivity index is 1.91. The molecule has 106 valence electrons. The summed E-state index contributed by atoms with van der Waals surface area (Å²) < 4.78 is 2.09.